The fourth-order valence-electron chi connectivity index (χ4n) is 2.20. The molecule has 1 saturated carbocycles. The lowest BCUT2D eigenvalue weighted by Crippen LogP contribution is -2.43. The summed E-state index contributed by atoms with van der Waals surface area (Å²) < 4.78 is 5.44. The fraction of sp³-hybridized carbons (Fsp3) is 0.364. The number of hydrogen-bond acceptors (Lipinski definition) is 3. The molecular weight excluding hydrogens is 361 g/mol. The van der Waals surface area contributed by atoms with Gasteiger partial charge >= 0.3 is 0 Å². The quantitative estimate of drug-likeness (QED) is 0.618. The molecule has 24 heavy (non-hydrogen) atoms. The minimum atomic E-state index is -2.11. The topological polar surface area (TPSA) is 58.6 Å². The number of amides is 1. The number of carbonyl (C=O) groups excluding carboxylic acids is 1. The highest BCUT2D eigenvalue weighted by Crippen LogP contribution is 2.74. The van der Waals surface area contributed by atoms with Crippen molar-refractivity contribution in [3.05, 3.63) is 22.2 Å². The molecule has 2 rings (SSSR count). The number of nitrogens with one attached hydrogen (secondary N) is 1. The molecule has 1 aliphatic carbocycles. The van der Waals surface area contributed by atoms with Gasteiger partial charge in [-0.15, -0.1) is 0 Å². The lowest BCUT2D eigenvalue weighted by Gasteiger charge is -2.27. The minimum absolute atomic E-state index is 0.226. The van der Waals surface area contributed by atoms with E-state index < -0.39 is 32.8 Å². The van der Waals surface area contributed by atoms with E-state index >= 15 is 0 Å². The van der Waals surface area contributed by atoms with Gasteiger partial charge in [-0.1, -0.05) is 26.4 Å². The molecule has 0 bridgehead atoms. The van der Waals surface area contributed by atoms with Crippen LogP contribution in [0.2, 0.25) is 10.4 Å². The van der Waals surface area contributed by atoms with E-state index in [0.29, 0.717) is 4.47 Å². The van der Waals surface area contributed by atoms with Gasteiger partial charge in [0.25, 0.3) is 5.91 Å². The molecule has 2 N–H and O–H groups in total. The number of phenolic OH excluding ortho intramolecular Hbond substituents is 1. The Balaban J connectivity index is 2.40. The van der Waals surface area contributed by atoms with Gasteiger partial charge in [0.15, 0.2) is 0 Å². The third-order valence-electron chi connectivity index (χ3n) is 3.80. The molecule has 0 heterocycles. The predicted octanol–water partition coefficient (Wildman–Crippen LogP) is -1.84. The third-order valence-corrected chi connectivity index (χ3v) is 4.26. The number of halogens is 1. The molecular formula is C11H4B8BrNO3. The Hall–Kier alpha value is -0.711. The molecule has 0 aliphatic heterocycles. The summed E-state index contributed by atoms with van der Waals surface area (Å²) in [4.78, 5) is 12.5. The molecule has 1 fully saturated rings. The SMILES string of the molecule is [B]C([B])([B])Oc1cc(Br)cc(O)c1C(=O)NC1([B])C([B])([B])C1([B])[B]. The Kier molecular flexibility index (Phi) is 4.62. The van der Waals surface area contributed by atoms with E-state index in [2.05, 4.69) is 21.2 Å². The van der Waals surface area contributed by atoms with Gasteiger partial charge in [0.1, 0.15) is 48.4 Å². The highest BCUT2D eigenvalue weighted by Gasteiger charge is 2.71. The zero-order chi connectivity index (χ0) is 18.7. The Morgan fingerprint density at radius 1 is 1.12 bits per heavy atom. The predicted molar refractivity (Wildman–Crippen MR) is 101 cm³/mol. The average molecular weight is 365 g/mol. The Morgan fingerprint density at radius 2 is 1.62 bits per heavy atom. The highest BCUT2D eigenvalue weighted by molar-refractivity contribution is 9.10. The lowest BCUT2D eigenvalue weighted by atomic mass is 9.49. The number of hydrogen-bond donors (Lipinski definition) is 2. The second-order valence-electron chi connectivity index (χ2n) is 5.75. The second kappa shape index (κ2) is 5.65. The molecule has 0 unspecified atom stereocenters. The maximum Gasteiger partial charge on any atom is 0.258 e. The molecule has 1 aromatic rings. The smallest absolute Gasteiger partial charge is 0.258 e. The van der Waals surface area contributed by atoms with Gasteiger partial charge in [0.2, 0.25) is 0 Å². The van der Waals surface area contributed by atoms with Gasteiger partial charge in [0, 0.05) is 4.47 Å². The number of rotatable bonds is 4. The maximum absolute atomic E-state index is 12.5. The van der Waals surface area contributed by atoms with Crippen LogP contribution in [0.1, 0.15) is 10.4 Å². The first-order valence-electron chi connectivity index (χ1n) is 6.49. The number of carbonyl (C=O) groups is 1. The Bertz CT molecular complexity index is 691. The highest BCUT2D eigenvalue weighted by atomic mass is 79.9. The summed E-state index contributed by atoms with van der Waals surface area (Å²) in [6, 6.07) is 2.53. The van der Waals surface area contributed by atoms with Crippen LogP contribution in [0, 0.1) is 0 Å². The second-order valence-corrected chi connectivity index (χ2v) is 6.67. The van der Waals surface area contributed by atoms with Crippen LogP contribution in [0.15, 0.2) is 16.6 Å². The van der Waals surface area contributed by atoms with Crippen molar-refractivity contribution >= 4 is 84.6 Å². The summed E-state index contributed by atoms with van der Waals surface area (Å²) in [5.41, 5.74) is -2.20. The number of aromatic hydroxyl groups is 1. The number of phenols is 1. The molecule has 1 aromatic carbocycles. The van der Waals surface area contributed by atoms with E-state index in [0.717, 1.165) is 0 Å². The lowest BCUT2D eigenvalue weighted by molar-refractivity contribution is 0.0937. The molecule has 1 aliphatic rings. The normalized spacial score (nSPS) is 20.0. The van der Waals surface area contributed by atoms with E-state index in [1.165, 1.54) is 12.1 Å². The van der Waals surface area contributed by atoms with E-state index in [-0.39, 0.29) is 11.3 Å². The summed E-state index contributed by atoms with van der Waals surface area (Å²) >= 11 is 3.11. The standard InChI is InChI=1S/C11H4B8BrNO3/c12-8(13)9(14,15)10(8,16)21-7(23)6-4(22)1-3(20)2-5(6)24-11(17,18)19/h1-2,22H,(H,21,23). The van der Waals surface area contributed by atoms with Crippen LogP contribution in [0.3, 0.4) is 0 Å². The van der Waals surface area contributed by atoms with E-state index in [1.54, 1.807) is 0 Å². The molecule has 0 aromatic heterocycles. The zero-order valence-corrected chi connectivity index (χ0v) is 14.0. The first kappa shape index (κ1) is 19.6. The maximum atomic E-state index is 12.5. The van der Waals surface area contributed by atoms with Crippen molar-refractivity contribution < 1.29 is 14.6 Å². The van der Waals surface area contributed by atoms with Gasteiger partial charge in [-0.05, 0) is 22.9 Å². The zero-order valence-electron chi connectivity index (χ0n) is 12.4. The molecule has 0 atom stereocenters. The largest absolute Gasteiger partial charge is 0.515 e. The van der Waals surface area contributed by atoms with Crippen molar-refractivity contribution in [2.24, 2.45) is 0 Å². The van der Waals surface area contributed by atoms with Crippen LogP contribution in [0.25, 0.3) is 0 Å². The van der Waals surface area contributed by atoms with Gasteiger partial charge in [-0.2, -0.15) is 0 Å². The van der Waals surface area contributed by atoms with E-state index in [9.17, 15) is 9.90 Å². The molecule has 13 heteroatoms. The Morgan fingerprint density at radius 3 is 2.04 bits per heavy atom. The monoisotopic (exact) mass is 365 g/mol. The first-order chi connectivity index (χ1) is 10.6. The van der Waals surface area contributed by atoms with E-state index in [1.807, 2.05) is 0 Å². The first-order valence-corrected chi connectivity index (χ1v) is 7.28. The molecule has 102 valence electrons. The molecule has 1 amide bonds. The van der Waals surface area contributed by atoms with Crippen LogP contribution in [-0.2, 0) is 0 Å². The number of benzene rings is 1. The van der Waals surface area contributed by atoms with Crippen molar-refractivity contribution in [1.82, 2.24) is 5.32 Å². The Labute approximate surface area is 159 Å². The number of ether oxygens (including phenoxy) is 1. The molecule has 16 radical (unpaired) electrons. The molecule has 0 saturated heterocycles. The van der Waals surface area contributed by atoms with Crippen molar-refractivity contribution in [3.63, 3.8) is 0 Å². The van der Waals surface area contributed by atoms with Gasteiger partial charge in [-0.25, -0.2) is 0 Å². The molecule has 4 nitrogen and oxygen atoms in total. The summed E-state index contributed by atoms with van der Waals surface area (Å²) in [6.45, 7) is 0. The third kappa shape index (κ3) is 2.97. The minimum Gasteiger partial charge on any atom is -0.515 e. The van der Waals surface area contributed by atoms with E-state index in [4.69, 9.17) is 67.5 Å². The van der Waals surface area contributed by atoms with Crippen LogP contribution in [0.4, 0.5) is 0 Å². The average Bonchev–Trinajstić information content (AvgIpc) is 2.62. The van der Waals surface area contributed by atoms with Crippen LogP contribution < -0.4 is 10.1 Å². The van der Waals surface area contributed by atoms with Crippen LogP contribution >= 0.6 is 15.9 Å². The summed E-state index contributed by atoms with van der Waals surface area (Å²) in [6.07, 6.45) is 0. The summed E-state index contributed by atoms with van der Waals surface area (Å²) in [7, 11) is 44.7. The van der Waals surface area contributed by atoms with Crippen molar-refractivity contribution in [2.45, 2.75) is 21.2 Å². The fourth-order valence-corrected chi connectivity index (χ4v) is 2.63. The van der Waals surface area contributed by atoms with Crippen LogP contribution in [0.5, 0.6) is 11.5 Å². The van der Waals surface area contributed by atoms with Crippen LogP contribution in [-0.4, -0.2) is 84.5 Å². The van der Waals surface area contributed by atoms with Crippen molar-refractivity contribution in [2.75, 3.05) is 0 Å². The van der Waals surface area contributed by atoms with Crippen molar-refractivity contribution in [1.29, 1.82) is 0 Å². The molecule has 0 spiro atoms. The van der Waals surface area contributed by atoms with Gasteiger partial charge in [-0.3, -0.25) is 4.79 Å². The van der Waals surface area contributed by atoms with Crippen molar-refractivity contribution in [3.8, 4) is 11.5 Å². The van der Waals surface area contributed by atoms with Gasteiger partial charge in [0.05, 0.1) is 31.4 Å². The van der Waals surface area contributed by atoms with Gasteiger partial charge < -0.3 is 15.2 Å². The summed E-state index contributed by atoms with van der Waals surface area (Å²) in [5, 5.41) is 6.67. The summed E-state index contributed by atoms with van der Waals surface area (Å²) in [5.74, 6) is -1.64.